The molecule has 0 saturated heterocycles. The average molecular weight is 253 g/mol. The fraction of sp³-hybridized carbons (Fsp3) is 0.538. The quantitative estimate of drug-likeness (QED) is 0.833. The molecule has 94 valence electrons. The van der Waals surface area contributed by atoms with Crippen LogP contribution in [0.2, 0.25) is 0 Å². The Morgan fingerprint density at radius 1 is 1.29 bits per heavy atom. The number of benzene rings is 1. The van der Waals surface area contributed by atoms with Crippen molar-refractivity contribution in [2.24, 2.45) is 0 Å². The molecular formula is C13H19NO2S. The highest BCUT2D eigenvalue weighted by Gasteiger charge is 2.34. The summed E-state index contributed by atoms with van der Waals surface area (Å²) in [6, 6.07) is 5.63. The first kappa shape index (κ1) is 12.6. The van der Waals surface area contributed by atoms with Gasteiger partial charge in [-0.3, -0.25) is 0 Å². The molecule has 1 aromatic carbocycles. The van der Waals surface area contributed by atoms with E-state index in [9.17, 15) is 8.42 Å². The fourth-order valence-corrected chi connectivity index (χ4v) is 4.01. The van der Waals surface area contributed by atoms with Gasteiger partial charge in [0, 0.05) is 6.04 Å². The van der Waals surface area contributed by atoms with Crippen LogP contribution >= 0.6 is 0 Å². The van der Waals surface area contributed by atoms with Crippen LogP contribution in [0.3, 0.4) is 0 Å². The van der Waals surface area contributed by atoms with Crippen molar-refractivity contribution in [1.29, 1.82) is 0 Å². The molecule has 1 atom stereocenters. The summed E-state index contributed by atoms with van der Waals surface area (Å²) in [4.78, 5) is 0.491. The van der Waals surface area contributed by atoms with Crippen molar-refractivity contribution < 1.29 is 8.42 Å². The molecule has 17 heavy (non-hydrogen) atoms. The van der Waals surface area contributed by atoms with Crippen molar-refractivity contribution >= 4 is 9.84 Å². The largest absolute Gasteiger partial charge is 0.312 e. The third-order valence-electron chi connectivity index (χ3n) is 3.32. The van der Waals surface area contributed by atoms with Crippen LogP contribution in [0.25, 0.3) is 0 Å². The normalized spacial score (nSPS) is 22.5. The molecule has 0 radical (unpaired) electrons. The summed E-state index contributed by atoms with van der Waals surface area (Å²) in [5.41, 5.74) is 2.13. The van der Waals surface area contributed by atoms with Gasteiger partial charge in [0.2, 0.25) is 0 Å². The number of hydrogen-bond donors (Lipinski definition) is 1. The Morgan fingerprint density at radius 2 is 1.94 bits per heavy atom. The van der Waals surface area contributed by atoms with Gasteiger partial charge in [-0.15, -0.1) is 0 Å². The van der Waals surface area contributed by atoms with Crippen molar-refractivity contribution in [2.75, 3.05) is 12.8 Å². The summed E-state index contributed by atoms with van der Waals surface area (Å²) >= 11 is 0. The second-order valence-electron chi connectivity index (χ2n) is 5.63. The topological polar surface area (TPSA) is 46.2 Å². The van der Waals surface area contributed by atoms with Crippen LogP contribution in [0, 0.1) is 0 Å². The number of fused-ring (bicyclic) bond motifs is 1. The van der Waals surface area contributed by atoms with E-state index in [2.05, 4.69) is 26.1 Å². The first-order valence-electron chi connectivity index (χ1n) is 5.80. The van der Waals surface area contributed by atoms with Crippen molar-refractivity contribution in [3.8, 4) is 0 Å². The predicted molar refractivity (Wildman–Crippen MR) is 69.0 cm³/mol. The van der Waals surface area contributed by atoms with E-state index in [0.717, 1.165) is 5.56 Å². The van der Waals surface area contributed by atoms with E-state index in [1.807, 2.05) is 12.1 Å². The van der Waals surface area contributed by atoms with Crippen LogP contribution < -0.4 is 5.32 Å². The van der Waals surface area contributed by atoms with Gasteiger partial charge in [0.25, 0.3) is 0 Å². The minimum atomic E-state index is -3.09. The smallest absolute Gasteiger partial charge is 0.180 e. The summed E-state index contributed by atoms with van der Waals surface area (Å²) < 4.78 is 23.9. The Balaban J connectivity index is 2.60. The zero-order valence-corrected chi connectivity index (χ0v) is 11.6. The molecule has 0 saturated carbocycles. The molecular weight excluding hydrogens is 234 g/mol. The van der Waals surface area contributed by atoms with Crippen LogP contribution in [0.4, 0.5) is 0 Å². The van der Waals surface area contributed by atoms with Gasteiger partial charge >= 0.3 is 0 Å². The maximum absolute atomic E-state index is 11.9. The average Bonchev–Trinajstić information content (AvgIpc) is 2.49. The third kappa shape index (κ3) is 2.11. The lowest BCUT2D eigenvalue weighted by Crippen LogP contribution is -2.18. The molecule has 4 heteroatoms. The molecule has 0 aliphatic carbocycles. The van der Waals surface area contributed by atoms with Crippen molar-refractivity contribution in [3.05, 3.63) is 29.3 Å². The SMILES string of the molecule is CNC1CS(=O)(=O)c2ccc(C(C)(C)C)cc21. The van der Waals surface area contributed by atoms with E-state index in [1.165, 1.54) is 5.56 Å². The van der Waals surface area contributed by atoms with E-state index in [0.29, 0.717) is 4.90 Å². The van der Waals surface area contributed by atoms with Gasteiger partial charge in [0.15, 0.2) is 9.84 Å². The zero-order chi connectivity index (χ0) is 12.8. The second-order valence-corrected chi connectivity index (χ2v) is 7.63. The van der Waals surface area contributed by atoms with Crippen molar-refractivity contribution in [1.82, 2.24) is 5.32 Å². The maximum Gasteiger partial charge on any atom is 0.180 e. The number of nitrogens with one attached hydrogen (secondary N) is 1. The molecule has 0 amide bonds. The van der Waals surface area contributed by atoms with Crippen LogP contribution in [-0.4, -0.2) is 21.2 Å². The molecule has 1 aliphatic heterocycles. The Hall–Kier alpha value is -0.870. The Morgan fingerprint density at radius 3 is 2.47 bits per heavy atom. The molecule has 1 aromatic rings. The van der Waals surface area contributed by atoms with Gasteiger partial charge in [0.05, 0.1) is 10.6 Å². The van der Waals surface area contributed by atoms with Gasteiger partial charge < -0.3 is 5.32 Å². The molecule has 1 heterocycles. The summed E-state index contributed by atoms with van der Waals surface area (Å²) in [5, 5.41) is 3.08. The minimum absolute atomic E-state index is 0.0413. The second kappa shape index (κ2) is 3.82. The van der Waals surface area contributed by atoms with Crippen molar-refractivity contribution in [2.45, 2.75) is 37.1 Å². The van der Waals surface area contributed by atoms with Crippen LogP contribution in [0.15, 0.2) is 23.1 Å². The summed E-state index contributed by atoms with van der Waals surface area (Å²) in [6.07, 6.45) is 0. The van der Waals surface area contributed by atoms with E-state index in [4.69, 9.17) is 0 Å². The maximum atomic E-state index is 11.9. The molecule has 1 aliphatic rings. The highest BCUT2D eigenvalue weighted by molar-refractivity contribution is 7.91. The first-order chi connectivity index (χ1) is 7.75. The Labute approximate surface area is 103 Å². The third-order valence-corrected chi connectivity index (χ3v) is 5.13. The van der Waals surface area contributed by atoms with Gasteiger partial charge in [-0.2, -0.15) is 0 Å². The molecule has 0 fully saturated rings. The van der Waals surface area contributed by atoms with E-state index in [1.54, 1.807) is 13.1 Å². The fourth-order valence-electron chi connectivity index (χ4n) is 2.21. The molecule has 0 aromatic heterocycles. The van der Waals surface area contributed by atoms with Gasteiger partial charge in [-0.05, 0) is 29.7 Å². The summed E-state index contributed by atoms with van der Waals surface area (Å²) in [7, 11) is -1.29. The zero-order valence-electron chi connectivity index (χ0n) is 10.7. The van der Waals surface area contributed by atoms with Crippen LogP contribution in [-0.2, 0) is 15.3 Å². The summed E-state index contributed by atoms with van der Waals surface area (Å²) in [5.74, 6) is 0.173. The minimum Gasteiger partial charge on any atom is -0.312 e. The van der Waals surface area contributed by atoms with E-state index in [-0.39, 0.29) is 17.2 Å². The first-order valence-corrected chi connectivity index (χ1v) is 7.45. The van der Waals surface area contributed by atoms with E-state index < -0.39 is 9.84 Å². The lowest BCUT2D eigenvalue weighted by molar-refractivity contribution is 0.584. The van der Waals surface area contributed by atoms with Crippen LogP contribution in [0.1, 0.15) is 37.9 Å². The number of rotatable bonds is 1. The van der Waals surface area contributed by atoms with Gasteiger partial charge in [-0.1, -0.05) is 32.9 Å². The van der Waals surface area contributed by atoms with Gasteiger partial charge in [-0.25, -0.2) is 8.42 Å². The standard InChI is InChI=1S/C13H19NO2S/c1-13(2,3)9-5-6-12-10(7-9)11(14-4)8-17(12,15)16/h5-7,11,14H,8H2,1-4H3. The molecule has 0 bridgehead atoms. The van der Waals surface area contributed by atoms with Crippen molar-refractivity contribution in [3.63, 3.8) is 0 Å². The molecule has 1 N–H and O–H groups in total. The Kier molecular flexibility index (Phi) is 2.83. The number of sulfone groups is 1. The Bertz CT molecular complexity index is 541. The van der Waals surface area contributed by atoms with Gasteiger partial charge in [0.1, 0.15) is 0 Å². The molecule has 1 unspecified atom stereocenters. The lowest BCUT2D eigenvalue weighted by atomic mass is 9.85. The molecule has 2 rings (SSSR count). The summed E-state index contributed by atoms with van der Waals surface area (Å²) in [6.45, 7) is 6.39. The molecule has 3 nitrogen and oxygen atoms in total. The lowest BCUT2D eigenvalue weighted by Gasteiger charge is -2.20. The highest BCUT2D eigenvalue weighted by Crippen LogP contribution is 2.36. The predicted octanol–water partition coefficient (Wildman–Crippen LogP) is 2.03. The number of hydrogen-bond acceptors (Lipinski definition) is 3. The van der Waals surface area contributed by atoms with Crippen LogP contribution in [0.5, 0.6) is 0 Å². The molecule has 0 spiro atoms. The highest BCUT2D eigenvalue weighted by atomic mass is 32.2. The monoisotopic (exact) mass is 253 g/mol. The van der Waals surface area contributed by atoms with E-state index >= 15 is 0 Å².